The predicted molar refractivity (Wildman–Crippen MR) is 85.6 cm³/mol. The zero-order chi connectivity index (χ0) is 16.8. The Labute approximate surface area is 136 Å². The fraction of sp³-hybridized carbons (Fsp3) is 0.800. The van der Waals surface area contributed by atoms with Crippen LogP contribution in [0.2, 0.25) is 0 Å². The van der Waals surface area contributed by atoms with Crippen LogP contribution in [0.15, 0.2) is 0 Å². The van der Waals surface area contributed by atoms with Crippen LogP contribution in [-0.2, 0) is 9.59 Å². The Morgan fingerprint density at radius 2 is 1.61 bits per heavy atom. The summed E-state index contributed by atoms with van der Waals surface area (Å²) in [4.78, 5) is 40.6. The van der Waals surface area contributed by atoms with E-state index in [1.165, 1.54) is 6.42 Å². The minimum Gasteiger partial charge on any atom is -0.351 e. The maximum atomic E-state index is 12.4. The quantitative estimate of drug-likeness (QED) is 0.705. The lowest BCUT2D eigenvalue weighted by molar-refractivity contribution is -0.136. The van der Waals surface area contributed by atoms with E-state index in [9.17, 15) is 14.4 Å². The van der Waals surface area contributed by atoms with Gasteiger partial charge in [0.25, 0.3) is 0 Å². The number of nitrogens with one attached hydrogen (secondary N) is 1. The third-order valence-electron chi connectivity index (χ3n) is 4.58. The van der Waals surface area contributed by atoms with E-state index in [1.807, 2.05) is 9.80 Å². The average molecular weight is 325 g/mol. The lowest BCUT2D eigenvalue weighted by Gasteiger charge is -2.37. The molecular formula is C15H27N5O3. The minimum atomic E-state index is -0.824. The Bertz CT molecular complexity index is 448. The highest BCUT2D eigenvalue weighted by Gasteiger charge is 2.26. The van der Waals surface area contributed by atoms with Crippen molar-refractivity contribution in [3.8, 4) is 0 Å². The van der Waals surface area contributed by atoms with Crippen molar-refractivity contribution in [2.75, 3.05) is 45.8 Å². The summed E-state index contributed by atoms with van der Waals surface area (Å²) < 4.78 is 0. The van der Waals surface area contributed by atoms with E-state index >= 15 is 0 Å². The summed E-state index contributed by atoms with van der Waals surface area (Å²) in [5.41, 5.74) is 4.92. The molecule has 0 spiro atoms. The second kappa shape index (κ2) is 8.26. The van der Waals surface area contributed by atoms with Gasteiger partial charge >= 0.3 is 6.03 Å². The second-order valence-corrected chi connectivity index (χ2v) is 6.40. The highest BCUT2D eigenvalue weighted by molar-refractivity contribution is 5.94. The number of nitrogens with two attached hydrogens (primary N) is 1. The van der Waals surface area contributed by atoms with Crippen LogP contribution >= 0.6 is 0 Å². The standard InChI is InChI=1S/C15H27N5O3/c1-12-4-2-3-5-20(12)14(22)11-19-8-6-18(7-9-19)10-13(21)17-15(16)23/h12H,2-11H2,1H3,(H3,16,17,21,23). The molecule has 23 heavy (non-hydrogen) atoms. The monoisotopic (exact) mass is 325 g/mol. The van der Waals surface area contributed by atoms with E-state index in [1.54, 1.807) is 0 Å². The molecule has 0 aromatic carbocycles. The highest BCUT2D eigenvalue weighted by atomic mass is 16.2. The molecule has 4 amide bonds. The number of carbonyl (C=O) groups is 3. The molecule has 2 aliphatic heterocycles. The normalized spacial score (nSPS) is 23.5. The van der Waals surface area contributed by atoms with Gasteiger partial charge in [-0.15, -0.1) is 0 Å². The van der Waals surface area contributed by atoms with Crippen LogP contribution in [-0.4, -0.2) is 84.4 Å². The molecule has 0 aromatic rings. The number of hydrogen-bond acceptors (Lipinski definition) is 5. The van der Waals surface area contributed by atoms with Crippen LogP contribution in [0.1, 0.15) is 26.2 Å². The Balaban J connectivity index is 1.71. The van der Waals surface area contributed by atoms with E-state index in [0.717, 1.165) is 32.5 Å². The summed E-state index contributed by atoms with van der Waals surface area (Å²) in [5.74, 6) is -0.179. The summed E-state index contributed by atoms with van der Waals surface area (Å²) in [6, 6.07) is -0.482. The van der Waals surface area contributed by atoms with E-state index in [-0.39, 0.29) is 18.4 Å². The first-order chi connectivity index (χ1) is 11.0. The van der Waals surface area contributed by atoms with Crippen molar-refractivity contribution >= 4 is 17.8 Å². The summed E-state index contributed by atoms with van der Waals surface area (Å²) in [6.07, 6.45) is 3.39. The second-order valence-electron chi connectivity index (χ2n) is 6.40. The van der Waals surface area contributed by atoms with Gasteiger partial charge in [-0.1, -0.05) is 0 Å². The summed E-state index contributed by atoms with van der Waals surface area (Å²) >= 11 is 0. The van der Waals surface area contributed by atoms with Crippen molar-refractivity contribution in [1.29, 1.82) is 0 Å². The molecule has 8 nitrogen and oxygen atoms in total. The SMILES string of the molecule is CC1CCCCN1C(=O)CN1CCN(CC(=O)NC(N)=O)CC1. The molecule has 2 fully saturated rings. The third kappa shape index (κ3) is 5.47. The van der Waals surface area contributed by atoms with Crippen molar-refractivity contribution in [3.63, 3.8) is 0 Å². The number of hydrogen-bond donors (Lipinski definition) is 2. The lowest BCUT2D eigenvalue weighted by atomic mass is 10.0. The molecule has 1 atom stereocenters. The Morgan fingerprint density at radius 3 is 2.17 bits per heavy atom. The number of piperazine rings is 1. The van der Waals surface area contributed by atoms with E-state index in [0.29, 0.717) is 25.7 Å². The fourth-order valence-corrected chi connectivity index (χ4v) is 3.24. The van der Waals surface area contributed by atoms with Gasteiger partial charge in [-0.2, -0.15) is 0 Å². The van der Waals surface area contributed by atoms with Crippen molar-refractivity contribution in [2.45, 2.75) is 32.2 Å². The highest BCUT2D eigenvalue weighted by Crippen LogP contribution is 2.16. The number of urea groups is 1. The van der Waals surface area contributed by atoms with Crippen LogP contribution in [0.5, 0.6) is 0 Å². The Hall–Kier alpha value is -1.67. The molecule has 3 N–H and O–H groups in total. The molecule has 130 valence electrons. The van der Waals surface area contributed by atoms with E-state index in [4.69, 9.17) is 5.73 Å². The van der Waals surface area contributed by atoms with E-state index in [2.05, 4.69) is 17.1 Å². The Morgan fingerprint density at radius 1 is 1.00 bits per heavy atom. The first-order valence-corrected chi connectivity index (χ1v) is 8.29. The Kier molecular flexibility index (Phi) is 6.35. The maximum absolute atomic E-state index is 12.4. The van der Waals surface area contributed by atoms with Gasteiger partial charge in [-0.3, -0.25) is 24.7 Å². The third-order valence-corrected chi connectivity index (χ3v) is 4.58. The minimum absolute atomic E-state index is 0.161. The van der Waals surface area contributed by atoms with Gasteiger partial charge < -0.3 is 10.6 Å². The molecule has 2 heterocycles. The molecule has 0 aromatic heterocycles. The number of amides is 4. The zero-order valence-corrected chi connectivity index (χ0v) is 13.8. The molecule has 8 heteroatoms. The van der Waals surface area contributed by atoms with Crippen molar-refractivity contribution in [1.82, 2.24) is 20.0 Å². The van der Waals surface area contributed by atoms with Gasteiger partial charge in [0.1, 0.15) is 0 Å². The summed E-state index contributed by atoms with van der Waals surface area (Å²) in [5, 5.41) is 2.07. The largest absolute Gasteiger partial charge is 0.351 e. The molecule has 2 rings (SSSR count). The molecule has 0 aliphatic carbocycles. The molecule has 1 unspecified atom stereocenters. The van der Waals surface area contributed by atoms with Crippen LogP contribution in [0.3, 0.4) is 0 Å². The summed E-state index contributed by atoms with van der Waals surface area (Å²) in [7, 11) is 0. The molecule has 0 bridgehead atoms. The lowest BCUT2D eigenvalue weighted by Crippen LogP contribution is -2.53. The van der Waals surface area contributed by atoms with Crippen LogP contribution < -0.4 is 11.1 Å². The number of piperidine rings is 1. The predicted octanol–water partition coefficient (Wildman–Crippen LogP) is -0.800. The average Bonchev–Trinajstić information content (AvgIpc) is 2.48. The molecule has 2 aliphatic rings. The zero-order valence-electron chi connectivity index (χ0n) is 13.8. The molecule has 2 saturated heterocycles. The van der Waals surface area contributed by atoms with Crippen LogP contribution in [0.25, 0.3) is 0 Å². The van der Waals surface area contributed by atoms with Gasteiger partial charge in [0.05, 0.1) is 13.1 Å². The number of likely N-dealkylation sites (tertiary alicyclic amines) is 1. The van der Waals surface area contributed by atoms with Gasteiger partial charge in [-0.05, 0) is 26.2 Å². The number of nitrogens with zero attached hydrogens (tertiary/aromatic N) is 3. The van der Waals surface area contributed by atoms with E-state index < -0.39 is 6.03 Å². The number of primary amides is 1. The number of imide groups is 1. The molecule has 0 radical (unpaired) electrons. The van der Waals surface area contributed by atoms with Crippen molar-refractivity contribution < 1.29 is 14.4 Å². The van der Waals surface area contributed by atoms with Gasteiger partial charge in [0, 0.05) is 38.8 Å². The molecular weight excluding hydrogens is 298 g/mol. The first-order valence-electron chi connectivity index (χ1n) is 8.29. The van der Waals surface area contributed by atoms with Gasteiger partial charge in [0.15, 0.2) is 0 Å². The topological polar surface area (TPSA) is 99.0 Å². The summed E-state index contributed by atoms with van der Waals surface area (Å²) in [6.45, 7) is 6.50. The van der Waals surface area contributed by atoms with Crippen LogP contribution in [0, 0.1) is 0 Å². The number of rotatable bonds is 4. The van der Waals surface area contributed by atoms with Crippen molar-refractivity contribution in [2.24, 2.45) is 5.73 Å². The number of carbonyl (C=O) groups excluding carboxylic acids is 3. The fourth-order valence-electron chi connectivity index (χ4n) is 3.24. The molecule has 0 saturated carbocycles. The van der Waals surface area contributed by atoms with Gasteiger partial charge in [0.2, 0.25) is 11.8 Å². The van der Waals surface area contributed by atoms with Crippen molar-refractivity contribution in [3.05, 3.63) is 0 Å². The van der Waals surface area contributed by atoms with Gasteiger partial charge in [-0.25, -0.2) is 4.79 Å². The smallest absolute Gasteiger partial charge is 0.318 e. The first kappa shape index (κ1) is 17.7. The van der Waals surface area contributed by atoms with Crippen LogP contribution in [0.4, 0.5) is 4.79 Å². The maximum Gasteiger partial charge on any atom is 0.318 e.